The maximum Gasteiger partial charge on any atom is 0.244 e. The first kappa shape index (κ1) is 14.7. The second-order valence-corrected chi connectivity index (χ2v) is 3.98. The number of carbonyl (C=O) groups is 2. The summed E-state index contributed by atoms with van der Waals surface area (Å²) in [5.41, 5.74) is 1.66. The minimum Gasteiger partial charge on any atom is -0.348 e. The van der Waals surface area contributed by atoms with Crippen molar-refractivity contribution in [3.05, 3.63) is 54.1 Å². The maximum atomic E-state index is 11.5. The molecule has 0 fully saturated rings. The fraction of sp³-hybridized carbons (Fsp3) is 0.200. The van der Waals surface area contributed by atoms with Gasteiger partial charge in [-0.2, -0.15) is 0 Å². The standard InChI is InChI=1S/C15H18N2O2/c1-3-4-5-9-15(19)16-11-13-7-6-8-14(10-13)17-12(2)18/h3-10H,11H2,1-2H3,(H,16,19)(H,17,18)/b4-3+,9-5+. The summed E-state index contributed by atoms with van der Waals surface area (Å²) in [6.07, 6.45) is 6.79. The Morgan fingerprint density at radius 2 is 2.05 bits per heavy atom. The Morgan fingerprint density at radius 3 is 2.74 bits per heavy atom. The number of anilines is 1. The molecule has 4 nitrogen and oxygen atoms in total. The molecule has 0 saturated heterocycles. The number of carbonyl (C=O) groups excluding carboxylic acids is 2. The molecular formula is C15H18N2O2. The van der Waals surface area contributed by atoms with Crippen molar-refractivity contribution in [3.8, 4) is 0 Å². The van der Waals surface area contributed by atoms with Crippen molar-refractivity contribution in [1.82, 2.24) is 5.32 Å². The van der Waals surface area contributed by atoms with Crippen molar-refractivity contribution in [3.63, 3.8) is 0 Å². The molecule has 0 spiro atoms. The normalized spacial score (nSPS) is 10.8. The zero-order valence-electron chi connectivity index (χ0n) is 11.1. The fourth-order valence-electron chi connectivity index (χ4n) is 1.46. The Morgan fingerprint density at radius 1 is 1.26 bits per heavy atom. The van der Waals surface area contributed by atoms with Crippen molar-refractivity contribution >= 4 is 17.5 Å². The second kappa shape index (κ2) is 7.87. The molecule has 0 bridgehead atoms. The summed E-state index contributed by atoms with van der Waals surface area (Å²) in [6.45, 7) is 3.77. The number of hydrogen-bond donors (Lipinski definition) is 2. The van der Waals surface area contributed by atoms with E-state index < -0.39 is 0 Å². The SMILES string of the molecule is C/C=C/C=C/C(=O)NCc1cccc(NC(C)=O)c1. The molecular weight excluding hydrogens is 240 g/mol. The van der Waals surface area contributed by atoms with Gasteiger partial charge in [-0.1, -0.05) is 30.4 Å². The van der Waals surface area contributed by atoms with Crippen molar-refractivity contribution < 1.29 is 9.59 Å². The summed E-state index contributed by atoms with van der Waals surface area (Å²) in [7, 11) is 0. The predicted octanol–water partition coefficient (Wildman–Crippen LogP) is 2.39. The lowest BCUT2D eigenvalue weighted by molar-refractivity contribution is -0.116. The van der Waals surface area contributed by atoms with Gasteiger partial charge >= 0.3 is 0 Å². The summed E-state index contributed by atoms with van der Waals surface area (Å²) < 4.78 is 0. The average molecular weight is 258 g/mol. The van der Waals surface area contributed by atoms with Gasteiger partial charge in [0.25, 0.3) is 0 Å². The smallest absolute Gasteiger partial charge is 0.244 e. The third kappa shape index (κ3) is 6.21. The van der Waals surface area contributed by atoms with Crippen molar-refractivity contribution in [2.45, 2.75) is 20.4 Å². The quantitative estimate of drug-likeness (QED) is 0.629. The van der Waals surface area contributed by atoms with Gasteiger partial charge in [-0.15, -0.1) is 0 Å². The molecule has 0 aliphatic carbocycles. The summed E-state index contributed by atoms with van der Waals surface area (Å²) in [4.78, 5) is 22.4. The molecule has 0 aliphatic heterocycles. The average Bonchev–Trinajstić information content (AvgIpc) is 2.36. The summed E-state index contributed by atoms with van der Waals surface area (Å²) in [5.74, 6) is -0.265. The first-order valence-corrected chi connectivity index (χ1v) is 6.05. The molecule has 2 N–H and O–H groups in total. The number of hydrogen-bond acceptors (Lipinski definition) is 2. The van der Waals surface area contributed by atoms with Gasteiger partial charge < -0.3 is 10.6 Å². The zero-order chi connectivity index (χ0) is 14.1. The van der Waals surface area contributed by atoms with E-state index in [-0.39, 0.29) is 11.8 Å². The predicted molar refractivity (Wildman–Crippen MR) is 76.5 cm³/mol. The van der Waals surface area contributed by atoms with Crippen LogP contribution in [-0.2, 0) is 16.1 Å². The van der Waals surface area contributed by atoms with Gasteiger partial charge in [0.15, 0.2) is 0 Å². The van der Waals surface area contributed by atoms with E-state index in [1.165, 1.54) is 13.0 Å². The minimum atomic E-state index is -0.150. The molecule has 1 rings (SSSR count). The van der Waals surface area contributed by atoms with E-state index in [0.717, 1.165) is 11.3 Å². The highest BCUT2D eigenvalue weighted by molar-refractivity contribution is 5.89. The molecule has 0 aliphatic rings. The monoisotopic (exact) mass is 258 g/mol. The van der Waals surface area contributed by atoms with E-state index in [2.05, 4.69) is 10.6 Å². The summed E-state index contributed by atoms with van der Waals surface area (Å²) in [6, 6.07) is 7.36. The van der Waals surface area contributed by atoms with Crippen LogP contribution in [0, 0.1) is 0 Å². The topological polar surface area (TPSA) is 58.2 Å². The van der Waals surface area contributed by atoms with E-state index >= 15 is 0 Å². The van der Waals surface area contributed by atoms with Gasteiger partial charge in [0, 0.05) is 25.2 Å². The molecule has 0 aromatic heterocycles. The summed E-state index contributed by atoms with van der Waals surface area (Å²) in [5, 5.41) is 5.47. The lowest BCUT2D eigenvalue weighted by Gasteiger charge is -2.06. The maximum absolute atomic E-state index is 11.5. The van der Waals surface area contributed by atoms with E-state index in [9.17, 15) is 9.59 Å². The first-order chi connectivity index (χ1) is 9.11. The molecule has 19 heavy (non-hydrogen) atoms. The van der Waals surface area contributed by atoms with Crippen LogP contribution in [0.4, 0.5) is 5.69 Å². The van der Waals surface area contributed by atoms with Crippen LogP contribution in [0.5, 0.6) is 0 Å². The van der Waals surface area contributed by atoms with Crippen molar-refractivity contribution in [2.24, 2.45) is 0 Å². The Balaban J connectivity index is 2.53. The first-order valence-electron chi connectivity index (χ1n) is 6.05. The van der Waals surface area contributed by atoms with Crippen LogP contribution in [0.1, 0.15) is 19.4 Å². The highest BCUT2D eigenvalue weighted by Gasteiger charge is 1.99. The number of allylic oxidation sites excluding steroid dienone is 3. The van der Waals surface area contributed by atoms with Crippen molar-refractivity contribution in [2.75, 3.05) is 5.32 Å². The molecule has 0 saturated carbocycles. The van der Waals surface area contributed by atoms with Gasteiger partial charge in [-0.3, -0.25) is 9.59 Å². The fourth-order valence-corrected chi connectivity index (χ4v) is 1.46. The molecule has 100 valence electrons. The molecule has 0 atom stereocenters. The molecule has 0 heterocycles. The van der Waals surface area contributed by atoms with E-state index in [1.807, 2.05) is 31.2 Å². The lowest BCUT2D eigenvalue weighted by Crippen LogP contribution is -2.20. The van der Waals surface area contributed by atoms with Crippen LogP contribution in [0.3, 0.4) is 0 Å². The Kier molecular flexibility index (Phi) is 6.09. The third-order valence-corrected chi connectivity index (χ3v) is 2.27. The van der Waals surface area contributed by atoms with Crippen LogP contribution in [-0.4, -0.2) is 11.8 Å². The molecule has 1 aromatic carbocycles. The van der Waals surface area contributed by atoms with Crippen LogP contribution < -0.4 is 10.6 Å². The largest absolute Gasteiger partial charge is 0.348 e. The van der Waals surface area contributed by atoms with E-state index in [0.29, 0.717) is 6.54 Å². The molecule has 2 amide bonds. The van der Waals surface area contributed by atoms with Crippen molar-refractivity contribution in [1.29, 1.82) is 0 Å². The Labute approximate surface area is 113 Å². The number of benzene rings is 1. The van der Waals surface area contributed by atoms with Crippen LogP contribution >= 0.6 is 0 Å². The Hall–Kier alpha value is -2.36. The third-order valence-electron chi connectivity index (χ3n) is 2.27. The van der Waals surface area contributed by atoms with E-state index in [4.69, 9.17) is 0 Å². The van der Waals surface area contributed by atoms with Gasteiger partial charge in [0.2, 0.25) is 11.8 Å². The highest BCUT2D eigenvalue weighted by Crippen LogP contribution is 2.10. The van der Waals surface area contributed by atoms with Crippen LogP contribution in [0.15, 0.2) is 48.6 Å². The summed E-state index contributed by atoms with van der Waals surface area (Å²) >= 11 is 0. The molecule has 0 radical (unpaired) electrons. The number of rotatable bonds is 5. The minimum absolute atomic E-state index is 0.115. The van der Waals surface area contributed by atoms with Gasteiger partial charge in [-0.25, -0.2) is 0 Å². The lowest BCUT2D eigenvalue weighted by atomic mass is 10.2. The van der Waals surface area contributed by atoms with E-state index in [1.54, 1.807) is 18.2 Å². The van der Waals surface area contributed by atoms with Crippen LogP contribution in [0.25, 0.3) is 0 Å². The Bertz CT molecular complexity index is 505. The molecule has 4 heteroatoms. The van der Waals surface area contributed by atoms with Gasteiger partial charge in [0.05, 0.1) is 0 Å². The van der Waals surface area contributed by atoms with Gasteiger partial charge in [-0.05, 0) is 24.6 Å². The van der Waals surface area contributed by atoms with Crippen LogP contribution in [0.2, 0.25) is 0 Å². The zero-order valence-corrected chi connectivity index (χ0v) is 11.1. The second-order valence-electron chi connectivity index (χ2n) is 3.98. The highest BCUT2D eigenvalue weighted by atomic mass is 16.2. The molecule has 1 aromatic rings. The number of nitrogens with one attached hydrogen (secondary N) is 2. The number of amides is 2. The molecule has 0 unspecified atom stereocenters. The van der Waals surface area contributed by atoms with Gasteiger partial charge in [0.1, 0.15) is 0 Å².